The van der Waals surface area contributed by atoms with Crippen molar-refractivity contribution in [2.45, 2.75) is 76.2 Å². The average molecular weight is 576 g/mol. The Hall–Kier alpha value is -3.52. The fraction of sp³-hybridized carbons (Fsp3) is 0.341. The summed E-state index contributed by atoms with van der Waals surface area (Å²) < 4.78 is 0. The monoisotopic (exact) mass is 575 g/mol. The molecule has 227 valence electrons. The van der Waals surface area contributed by atoms with Gasteiger partial charge in [0.15, 0.2) is 11.6 Å². The van der Waals surface area contributed by atoms with Gasteiger partial charge < -0.3 is 0 Å². The molecular weight excluding hydrogens is 524 g/mol. The molecule has 1 unspecified atom stereocenters. The second-order valence-electron chi connectivity index (χ2n) is 13.0. The lowest BCUT2D eigenvalue weighted by Crippen LogP contribution is -2.31. The number of Topliss-reactive ketones (excluding diaryl/α,β-unsaturated/α-hetero) is 2. The SMILES string of the molecule is CC1=C(/C=C/C(C)=C/C=C/C(C)=C/C=C/C=C(C)/C=C/C=C(C)/C=C/C2=C(C)C(=O)C(C)[CH]C2(C)C)C(C)(C)[CH][CH]C1=O. The first-order valence-corrected chi connectivity index (χ1v) is 15.2. The molecule has 0 saturated heterocycles. The summed E-state index contributed by atoms with van der Waals surface area (Å²) in [6.45, 7) is 22.7. The summed E-state index contributed by atoms with van der Waals surface area (Å²) in [4.78, 5) is 24.5. The number of hydrogen-bond acceptors (Lipinski definition) is 2. The van der Waals surface area contributed by atoms with E-state index in [9.17, 15) is 9.59 Å². The third-order valence-corrected chi connectivity index (χ3v) is 7.96. The minimum atomic E-state index is -0.142. The lowest BCUT2D eigenvalue weighted by atomic mass is 9.68. The molecule has 0 saturated carbocycles. The molecule has 1 atom stereocenters. The normalized spacial score (nSPS) is 23.1. The molecule has 2 aliphatic carbocycles. The van der Waals surface area contributed by atoms with E-state index in [0.717, 1.165) is 44.6 Å². The van der Waals surface area contributed by atoms with Gasteiger partial charge in [-0.1, -0.05) is 142 Å². The van der Waals surface area contributed by atoms with E-state index >= 15 is 0 Å². The van der Waals surface area contributed by atoms with Crippen LogP contribution in [0, 0.1) is 36.0 Å². The van der Waals surface area contributed by atoms with Crippen LogP contribution in [0.3, 0.4) is 0 Å². The van der Waals surface area contributed by atoms with Crippen molar-refractivity contribution < 1.29 is 9.59 Å². The molecule has 3 radical (unpaired) electrons. The van der Waals surface area contributed by atoms with E-state index in [1.165, 1.54) is 0 Å². The molecule has 2 rings (SSSR count). The van der Waals surface area contributed by atoms with Crippen LogP contribution >= 0.6 is 0 Å². The molecule has 2 nitrogen and oxygen atoms in total. The molecule has 0 amide bonds. The van der Waals surface area contributed by atoms with Gasteiger partial charge in [0.2, 0.25) is 0 Å². The number of carbonyl (C=O) groups is 2. The van der Waals surface area contributed by atoms with Gasteiger partial charge in [0.25, 0.3) is 0 Å². The Morgan fingerprint density at radius 3 is 1.53 bits per heavy atom. The predicted molar refractivity (Wildman–Crippen MR) is 186 cm³/mol. The first-order valence-electron chi connectivity index (χ1n) is 15.2. The Balaban J connectivity index is 1.94. The fourth-order valence-corrected chi connectivity index (χ4v) is 5.31. The zero-order valence-electron chi connectivity index (χ0n) is 28.2. The van der Waals surface area contributed by atoms with Gasteiger partial charge in [-0.3, -0.25) is 9.59 Å². The molecule has 0 aromatic heterocycles. The van der Waals surface area contributed by atoms with Crippen molar-refractivity contribution >= 4 is 11.6 Å². The standard InChI is InChI=1S/C41H51O2/c1-29(18-14-20-31(3)22-24-36-34(6)38(42)26-27-40(36,8)9)16-12-13-17-30(2)19-15-21-32(4)23-25-37-35(7)39(43)33(5)28-41(37,10)11/h12-28,33H,1-11H3/b13-12+,18-14+,19-15+,24-22+,25-23+,29-16+,30-17+,31-20+,32-21+. The van der Waals surface area contributed by atoms with Crippen LogP contribution in [0.5, 0.6) is 0 Å². The fourth-order valence-electron chi connectivity index (χ4n) is 5.31. The maximum absolute atomic E-state index is 12.4. The summed E-state index contributed by atoms with van der Waals surface area (Å²) in [6.07, 6.45) is 34.8. The Kier molecular flexibility index (Phi) is 13.1. The van der Waals surface area contributed by atoms with Crippen molar-refractivity contribution in [3.63, 3.8) is 0 Å². The Labute approximate surface area is 262 Å². The molecule has 0 bridgehead atoms. The third kappa shape index (κ3) is 10.9. The topological polar surface area (TPSA) is 34.1 Å². The predicted octanol–water partition coefficient (Wildman–Crippen LogP) is 10.7. The van der Waals surface area contributed by atoms with Crippen LogP contribution in [0.1, 0.15) is 76.2 Å². The van der Waals surface area contributed by atoms with E-state index < -0.39 is 0 Å². The van der Waals surface area contributed by atoms with Gasteiger partial charge in [0, 0.05) is 12.3 Å². The van der Waals surface area contributed by atoms with Crippen LogP contribution in [0.4, 0.5) is 0 Å². The lowest BCUT2D eigenvalue weighted by Gasteiger charge is -2.35. The number of allylic oxidation sites excluding steroid dienone is 22. The van der Waals surface area contributed by atoms with Crippen molar-refractivity contribution in [1.82, 2.24) is 0 Å². The summed E-state index contributed by atoms with van der Waals surface area (Å²) in [6, 6.07) is 0. The highest BCUT2D eigenvalue weighted by molar-refractivity contribution is 6.05. The molecule has 0 heterocycles. The molecule has 0 spiro atoms. The second-order valence-corrected chi connectivity index (χ2v) is 13.0. The number of rotatable bonds is 10. The Morgan fingerprint density at radius 1 is 0.628 bits per heavy atom. The van der Waals surface area contributed by atoms with Crippen LogP contribution in [0.15, 0.2) is 130 Å². The average Bonchev–Trinajstić information content (AvgIpc) is 2.91. The van der Waals surface area contributed by atoms with Gasteiger partial charge in [-0.05, 0) is 87.5 Å². The van der Waals surface area contributed by atoms with Gasteiger partial charge in [0.05, 0.1) is 0 Å². The minimum Gasteiger partial charge on any atom is -0.294 e. The van der Waals surface area contributed by atoms with Gasteiger partial charge in [-0.2, -0.15) is 0 Å². The van der Waals surface area contributed by atoms with Crippen LogP contribution in [0.25, 0.3) is 0 Å². The highest BCUT2D eigenvalue weighted by Gasteiger charge is 2.35. The van der Waals surface area contributed by atoms with Crippen molar-refractivity contribution in [2.75, 3.05) is 0 Å². The van der Waals surface area contributed by atoms with E-state index in [2.05, 4.69) is 129 Å². The lowest BCUT2D eigenvalue weighted by molar-refractivity contribution is -0.118. The molecule has 43 heavy (non-hydrogen) atoms. The second kappa shape index (κ2) is 15.8. The zero-order chi connectivity index (χ0) is 32.4. The summed E-state index contributed by atoms with van der Waals surface area (Å²) in [5.41, 5.74) is 8.15. The van der Waals surface area contributed by atoms with E-state index in [4.69, 9.17) is 0 Å². The molecule has 2 aliphatic rings. The van der Waals surface area contributed by atoms with Crippen LogP contribution in [-0.2, 0) is 9.59 Å². The van der Waals surface area contributed by atoms with Gasteiger partial charge in [-0.15, -0.1) is 0 Å². The zero-order valence-corrected chi connectivity index (χ0v) is 28.2. The first-order chi connectivity index (χ1) is 20.0. The van der Waals surface area contributed by atoms with Gasteiger partial charge in [-0.25, -0.2) is 0 Å². The minimum absolute atomic E-state index is 0.0269. The first kappa shape index (κ1) is 35.7. The van der Waals surface area contributed by atoms with Crippen molar-refractivity contribution in [3.05, 3.63) is 149 Å². The Morgan fingerprint density at radius 2 is 1.05 bits per heavy atom. The number of carbonyl (C=O) groups excluding carboxylic acids is 2. The molecule has 0 aliphatic heterocycles. The maximum Gasteiger partial charge on any atom is 0.163 e. The molecular formula is C41H51O2. The van der Waals surface area contributed by atoms with Crippen LogP contribution in [-0.4, -0.2) is 11.6 Å². The summed E-state index contributed by atoms with van der Waals surface area (Å²) in [7, 11) is 0. The van der Waals surface area contributed by atoms with Crippen molar-refractivity contribution in [1.29, 1.82) is 0 Å². The van der Waals surface area contributed by atoms with Crippen LogP contribution in [0.2, 0.25) is 0 Å². The quantitative estimate of drug-likeness (QED) is 0.243. The molecule has 2 heteroatoms. The number of hydrogen-bond donors (Lipinski definition) is 0. The summed E-state index contributed by atoms with van der Waals surface area (Å²) in [5.74, 6) is 0.281. The molecule has 0 aromatic rings. The summed E-state index contributed by atoms with van der Waals surface area (Å²) in [5, 5.41) is 0. The number of ketones is 2. The van der Waals surface area contributed by atoms with Crippen molar-refractivity contribution in [3.8, 4) is 0 Å². The highest BCUT2D eigenvalue weighted by atomic mass is 16.1. The smallest absolute Gasteiger partial charge is 0.163 e. The molecule has 0 fully saturated rings. The van der Waals surface area contributed by atoms with E-state index in [-0.39, 0.29) is 28.3 Å². The van der Waals surface area contributed by atoms with Crippen molar-refractivity contribution in [2.24, 2.45) is 16.7 Å². The van der Waals surface area contributed by atoms with E-state index in [1.807, 2.05) is 45.4 Å². The Bertz CT molecular complexity index is 1410. The van der Waals surface area contributed by atoms with E-state index in [1.54, 1.807) is 6.42 Å². The van der Waals surface area contributed by atoms with Crippen LogP contribution < -0.4 is 0 Å². The third-order valence-electron chi connectivity index (χ3n) is 7.96. The van der Waals surface area contributed by atoms with Gasteiger partial charge >= 0.3 is 0 Å². The molecule has 0 aromatic carbocycles. The van der Waals surface area contributed by atoms with E-state index in [0.29, 0.717) is 0 Å². The summed E-state index contributed by atoms with van der Waals surface area (Å²) >= 11 is 0. The molecule has 0 N–H and O–H groups in total. The highest BCUT2D eigenvalue weighted by Crippen LogP contribution is 2.41. The van der Waals surface area contributed by atoms with Gasteiger partial charge in [0.1, 0.15) is 0 Å². The largest absolute Gasteiger partial charge is 0.294 e. The maximum atomic E-state index is 12.4.